The van der Waals surface area contributed by atoms with Gasteiger partial charge in [-0.05, 0) is 39.7 Å². The minimum absolute atomic E-state index is 0.0950. The number of amidine groups is 1. The molecule has 0 saturated heterocycles. The molecule has 0 bridgehead atoms. The topological polar surface area (TPSA) is 142 Å². The summed E-state index contributed by atoms with van der Waals surface area (Å²) in [6.07, 6.45) is 1.42. The van der Waals surface area contributed by atoms with Crippen LogP contribution in [-0.2, 0) is 9.59 Å². The third kappa shape index (κ3) is 5.23. The van der Waals surface area contributed by atoms with E-state index in [0.717, 1.165) is 4.90 Å². The third-order valence-electron chi connectivity index (χ3n) is 2.65. The number of carbonyl (C=O) groups excluding carboxylic acids is 1. The summed E-state index contributed by atoms with van der Waals surface area (Å²) >= 11 is 0. The van der Waals surface area contributed by atoms with E-state index < -0.39 is 24.0 Å². The second-order valence-electron chi connectivity index (χ2n) is 4.28. The monoisotopic (exact) mass is 274 g/mol. The second-order valence-corrected chi connectivity index (χ2v) is 4.28. The maximum Gasteiger partial charge on any atom is 0.326 e. The molecule has 0 radical (unpaired) electrons. The van der Waals surface area contributed by atoms with Crippen molar-refractivity contribution < 1.29 is 19.9 Å². The van der Waals surface area contributed by atoms with Gasteiger partial charge in [-0.15, -0.1) is 0 Å². The van der Waals surface area contributed by atoms with Gasteiger partial charge in [0.15, 0.2) is 0 Å². The molecule has 0 aromatic heterocycles. The van der Waals surface area contributed by atoms with E-state index in [1.807, 2.05) is 0 Å². The Bertz CT molecular complexity index is 344. The van der Waals surface area contributed by atoms with Gasteiger partial charge in [-0.1, -0.05) is 5.16 Å². The van der Waals surface area contributed by atoms with Crippen LogP contribution in [0.3, 0.4) is 0 Å². The number of carboxylic acids is 1. The summed E-state index contributed by atoms with van der Waals surface area (Å²) in [6.45, 7) is 3.23. The zero-order valence-corrected chi connectivity index (χ0v) is 11.2. The number of carboxylic acid groups (broad SMARTS) is 1. The van der Waals surface area contributed by atoms with E-state index in [1.165, 1.54) is 13.8 Å². The molecule has 0 aromatic carbocycles. The van der Waals surface area contributed by atoms with Gasteiger partial charge in [0.05, 0.1) is 6.04 Å². The van der Waals surface area contributed by atoms with Crippen molar-refractivity contribution in [1.82, 2.24) is 4.90 Å². The summed E-state index contributed by atoms with van der Waals surface area (Å²) in [4.78, 5) is 24.1. The highest BCUT2D eigenvalue weighted by Crippen LogP contribution is 2.12. The fourth-order valence-electron chi connectivity index (χ4n) is 1.65. The van der Waals surface area contributed by atoms with Crippen LogP contribution in [0.5, 0.6) is 0 Å². The van der Waals surface area contributed by atoms with Crippen molar-refractivity contribution in [1.29, 1.82) is 0 Å². The SMILES string of the molecule is C/C(=N\O)N(C(=O)[C@H](C)N)[C@@H](CCCCN)C(=O)O. The summed E-state index contributed by atoms with van der Waals surface area (Å²) in [5, 5.41) is 20.9. The number of carbonyl (C=O) groups is 2. The van der Waals surface area contributed by atoms with Crippen LogP contribution in [0.4, 0.5) is 0 Å². The van der Waals surface area contributed by atoms with Gasteiger partial charge in [-0.3, -0.25) is 9.69 Å². The summed E-state index contributed by atoms with van der Waals surface area (Å²) in [5.41, 5.74) is 10.8. The van der Waals surface area contributed by atoms with Crippen LogP contribution in [-0.4, -0.2) is 51.6 Å². The normalized spacial score (nSPS) is 14.8. The summed E-state index contributed by atoms with van der Waals surface area (Å²) < 4.78 is 0. The molecule has 8 nitrogen and oxygen atoms in total. The first kappa shape index (κ1) is 17.3. The lowest BCUT2D eigenvalue weighted by Crippen LogP contribution is -2.52. The van der Waals surface area contributed by atoms with E-state index in [0.29, 0.717) is 19.4 Å². The zero-order chi connectivity index (χ0) is 15.0. The van der Waals surface area contributed by atoms with Crippen LogP contribution >= 0.6 is 0 Å². The molecular formula is C11H22N4O4. The molecule has 6 N–H and O–H groups in total. The average molecular weight is 274 g/mol. The number of aliphatic carboxylic acids is 1. The average Bonchev–Trinajstić information content (AvgIpc) is 2.36. The van der Waals surface area contributed by atoms with E-state index in [4.69, 9.17) is 16.7 Å². The molecule has 0 saturated carbocycles. The van der Waals surface area contributed by atoms with Crippen LogP contribution < -0.4 is 11.5 Å². The van der Waals surface area contributed by atoms with Gasteiger partial charge in [0.25, 0.3) is 0 Å². The fraction of sp³-hybridized carbons (Fsp3) is 0.727. The standard InChI is InChI=1S/C11H22N4O4/c1-7(13)10(16)15(8(2)14-19)9(11(17)18)5-3-4-6-12/h7,9,19H,3-6,12-13H2,1-2H3,(H,17,18)/b14-8+/t7-,9-/m0/s1. The van der Waals surface area contributed by atoms with Crippen LogP contribution in [0.2, 0.25) is 0 Å². The maximum absolute atomic E-state index is 11.9. The van der Waals surface area contributed by atoms with Crippen LogP contribution in [0.1, 0.15) is 33.1 Å². The van der Waals surface area contributed by atoms with Gasteiger partial charge in [-0.2, -0.15) is 0 Å². The lowest BCUT2D eigenvalue weighted by atomic mass is 10.1. The number of nitrogens with zero attached hydrogens (tertiary/aromatic N) is 2. The van der Waals surface area contributed by atoms with Crippen LogP contribution in [0.25, 0.3) is 0 Å². The largest absolute Gasteiger partial charge is 0.480 e. The Labute approximate surface area is 112 Å². The predicted octanol–water partition coefficient (Wildman–Crippen LogP) is -0.448. The first-order valence-electron chi connectivity index (χ1n) is 6.07. The maximum atomic E-state index is 11.9. The Hall–Kier alpha value is -1.67. The Morgan fingerprint density at radius 1 is 1.37 bits per heavy atom. The Morgan fingerprint density at radius 3 is 2.32 bits per heavy atom. The summed E-state index contributed by atoms with van der Waals surface area (Å²) in [5.74, 6) is -1.87. The highest BCUT2D eigenvalue weighted by molar-refractivity contribution is 6.02. The van der Waals surface area contributed by atoms with Crippen molar-refractivity contribution in [2.24, 2.45) is 16.6 Å². The molecule has 0 aliphatic carbocycles. The Kier molecular flexibility index (Phi) is 7.69. The number of unbranched alkanes of at least 4 members (excludes halogenated alkanes) is 1. The molecule has 0 fully saturated rings. The number of hydrogen-bond acceptors (Lipinski definition) is 6. The quantitative estimate of drug-likeness (QED) is 0.163. The van der Waals surface area contributed by atoms with Gasteiger partial charge in [0, 0.05) is 0 Å². The Morgan fingerprint density at radius 2 is 1.95 bits per heavy atom. The lowest BCUT2D eigenvalue weighted by molar-refractivity contribution is -0.147. The van der Waals surface area contributed by atoms with Crippen molar-refractivity contribution in [3.8, 4) is 0 Å². The number of oxime groups is 1. The molecule has 0 aliphatic rings. The smallest absolute Gasteiger partial charge is 0.326 e. The molecule has 19 heavy (non-hydrogen) atoms. The predicted molar refractivity (Wildman–Crippen MR) is 69.7 cm³/mol. The summed E-state index contributed by atoms with van der Waals surface area (Å²) in [6, 6.07) is -1.99. The number of nitrogens with two attached hydrogens (primary N) is 2. The van der Waals surface area contributed by atoms with Crippen molar-refractivity contribution >= 4 is 17.7 Å². The molecular weight excluding hydrogens is 252 g/mol. The van der Waals surface area contributed by atoms with Crippen molar-refractivity contribution in [2.45, 2.75) is 45.2 Å². The van der Waals surface area contributed by atoms with E-state index in [-0.39, 0.29) is 12.3 Å². The molecule has 2 atom stereocenters. The van der Waals surface area contributed by atoms with E-state index in [2.05, 4.69) is 5.16 Å². The van der Waals surface area contributed by atoms with Crippen molar-refractivity contribution in [3.05, 3.63) is 0 Å². The highest BCUT2D eigenvalue weighted by Gasteiger charge is 2.33. The first-order chi connectivity index (χ1) is 8.86. The Balaban J connectivity index is 5.15. The fourth-order valence-corrected chi connectivity index (χ4v) is 1.65. The third-order valence-corrected chi connectivity index (χ3v) is 2.65. The van der Waals surface area contributed by atoms with Gasteiger partial charge in [0.1, 0.15) is 11.9 Å². The van der Waals surface area contributed by atoms with Gasteiger partial charge < -0.3 is 21.8 Å². The second kappa shape index (κ2) is 8.44. The molecule has 0 rings (SSSR count). The van der Waals surface area contributed by atoms with E-state index in [1.54, 1.807) is 0 Å². The molecule has 110 valence electrons. The number of hydrogen-bond donors (Lipinski definition) is 4. The molecule has 0 spiro atoms. The van der Waals surface area contributed by atoms with Gasteiger partial charge in [-0.25, -0.2) is 4.79 Å². The number of rotatable bonds is 7. The molecule has 0 aromatic rings. The van der Waals surface area contributed by atoms with Crippen LogP contribution in [0.15, 0.2) is 5.16 Å². The molecule has 0 heterocycles. The molecule has 8 heteroatoms. The van der Waals surface area contributed by atoms with E-state index >= 15 is 0 Å². The molecule has 1 amide bonds. The van der Waals surface area contributed by atoms with E-state index in [9.17, 15) is 14.7 Å². The van der Waals surface area contributed by atoms with Gasteiger partial charge in [0.2, 0.25) is 5.91 Å². The van der Waals surface area contributed by atoms with Crippen molar-refractivity contribution in [2.75, 3.05) is 6.54 Å². The lowest BCUT2D eigenvalue weighted by Gasteiger charge is -2.29. The molecule has 0 unspecified atom stereocenters. The van der Waals surface area contributed by atoms with Crippen LogP contribution in [0, 0.1) is 0 Å². The van der Waals surface area contributed by atoms with Crippen molar-refractivity contribution in [3.63, 3.8) is 0 Å². The minimum Gasteiger partial charge on any atom is -0.480 e. The highest BCUT2D eigenvalue weighted by atomic mass is 16.4. The van der Waals surface area contributed by atoms with Gasteiger partial charge >= 0.3 is 5.97 Å². The first-order valence-corrected chi connectivity index (χ1v) is 6.07. The zero-order valence-electron chi connectivity index (χ0n) is 11.2. The number of amides is 1. The summed E-state index contributed by atoms with van der Waals surface area (Å²) in [7, 11) is 0. The molecule has 0 aliphatic heterocycles. The minimum atomic E-state index is -1.17.